The summed E-state index contributed by atoms with van der Waals surface area (Å²) < 4.78 is 0. The zero-order chi connectivity index (χ0) is 17.8. The van der Waals surface area contributed by atoms with Gasteiger partial charge in [0.2, 0.25) is 0 Å². The molecule has 1 amide bonds. The molecule has 150 valence electrons. The van der Waals surface area contributed by atoms with Gasteiger partial charge in [0.25, 0.3) is 5.91 Å². The molecule has 1 aliphatic rings. The molecule has 0 aliphatic carbocycles. The van der Waals surface area contributed by atoms with Crippen LogP contribution in [0.25, 0.3) is 0 Å². The van der Waals surface area contributed by atoms with Crippen molar-refractivity contribution in [2.45, 2.75) is 19.8 Å². The van der Waals surface area contributed by atoms with Crippen LogP contribution in [0.1, 0.15) is 27.5 Å². The van der Waals surface area contributed by atoms with Gasteiger partial charge in [-0.15, -0.1) is 36.2 Å². The van der Waals surface area contributed by atoms with E-state index in [1.54, 1.807) is 5.38 Å². The summed E-state index contributed by atoms with van der Waals surface area (Å²) in [5.41, 5.74) is 8.43. The molecule has 5 nitrogen and oxygen atoms in total. The second kappa shape index (κ2) is 11.1. The molecule has 1 unspecified atom stereocenters. The Hall–Kier alpha value is -1.05. The Morgan fingerprint density at radius 3 is 2.96 bits per heavy atom. The minimum Gasteiger partial charge on any atom is -0.371 e. The first-order chi connectivity index (χ1) is 12.1. The Bertz CT molecular complexity index is 756. The minimum atomic E-state index is -0.100. The summed E-state index contributed by atoms with van der Waals surface area (Å²) >= 11 is 7.62. The first-order valence-corrected chi connectivity index (χ1v) is 9.76. The number of anilines is 1. The van der Waals surface area contributed by atoms with Gasteiger partial charge in [-0.05, 0) is 43.5 Å². The van der Waals surface area contributed by atoms with Crippen molar-refractivity contribution in [3.05, 3.63) is 44.9 Å². The van der Waals surface area contributed by atoms with E-state index < -0.39 is 0 Å². The highest BCUT2D eigenvalue weighted by Crippen LogP contribution is 2.29. The molecule has 2 aromatic rings. The predicted octanol–water partition coefficient (Wildman–Crippen LogP) is 3.71. The Morgan fingerprint density at radius 1 is 1.44 bits per heavy atom. The van der Waals surface area contributed by atoms with Crippen LogP contribution < -0.4 is 16.0 Å². The topological polar surface area (TPSA) is 71.2 Å². The van der Waals surface area contributed by atoms with Gasteiger partial charge in [-0.2, -0.15) is 0 Å². The van der Waals surface area contributed by atoms with Gasteiger partial charge in [-0.1, -0.05) is 17.7 Å². The van der Waals surface area contributed by atoms with Crippen LogP contribution in [0.4, 0.5) is 5.69 Å². The third-order valence-electron chi connectivity index (χ3n) is 4.49. The molecule has 0 radical (unpaired) electrons. The number of halogens is 3. The molecule has 1 aromatic heterocycles. The normalized spacial score (nSPS) is 15.8. The number of carbonyl (C=O) groups is 1. The molecule has 0 bridgehead atoms. The maximum Gasteiger partial charge on any atom is 0.270 e. The molecule has 0 saturated carbocycles. The SMILES string of the molecule is Cc1ccc(Cl)cc1N1CCC(CNC(=O)c2csc(CCN)n2)C1.Cl.Cl. The van der Waals surface area contributed by atoms with Gasteiger partial charge >= 0.3 is 0 Å². The molecule has 1 aliphatic heterocycles. The van der Waals surface area contributed by atoms with Crippen LogP contribution >= 0.6 is 47.8 Å². The maximum absolute atomic E-state index is 12.2. The number of nitrogens with two attached hydrogens (primary N) is 1. The number of benzene rings is 1. The zero-order valence-electron chi connectivity index (χ0n) is 15.1. The van der Waals surface area contributed by atoms with Gasteiger partial charge in [0.15, 0.2) is 0 Å². The number of hydrogen-bond donors (Lipinski definition) is 2. The number of amides is 1. The average Bonchev–Trinajstić information content (AvgIpc) is 3.25. The number of carbonyl (C=O) groups excluding carboxylic acids is 1. The van der Waals surface area contributed by atoms with Crippen molar-refractivity contribution in [3.8, 4) is 0 Å². The lowest BCUT2D eigenvalue weighted by Gasteiger charge is -2.21. The van der Waals surface area contributed by atoms with Crippen LogP contribution in [0.5, 0.6) is 0 Å². The van der Waals surface area contributed by atoms with Gasteiger partial charge < -0.3 is 16.0 Å². The van der Waals surface area contributed by atoms with Crippen LogP contribution in [0.3, 0.4) is 0 Å². The van der Waals surface area contributed by atoms with E-state index in [2.05, 4.69) is 22.1 Å². The minimum absolute atomic E-state index is 0. The standard InChI is InChI=1S/C18H23ClN4OS.2ClH/c1-12-2-3-14(19)8-16(12)23-7-5-13(10-23)9-21-18(24)15-11-25-17(22-15)4-6-20;;/h2-3,8,11,13H,4-7,9-10,20H2,1H3,(H,21,24);2*1H. The zero-order valence-corrected chi connectivity index (χ0v) is 18.3. The van der Waals surface area contributed by atoms with Crippen LogP contribution in [0.2, 0.25) is 5.02 Å². The number of nitrogens with one attached hydrogen (secondary N) is 1. The lowest BCUT2D eigenvalue weighted by atomic mass is 10.1. The number of nitrogens with zero attached hydrogens (tertiary/aromatic N) is 2. The van der Waals surface area contributed by atoms with Crippen molar-refractivity contribution in [3.63, 3.8) is 0 Å². The average molecular weight is 452 g/mol. The lowest BCUT2D eigenvalue weighted by Crippen LogP contribution is -2.31. The van der Waals surface area contributed by atoms with Crippen LogP contribution in [-0.2, 0) is 6.42 Å². The third kappa shape index (κ3) is 6.22. The number of rotatable bonds is 6. The molecular formula is C18H25Cl3N4OS. The lowest BCUT2D eigenvalue weighted by molar-refractivity contribution is 0.0944. The maximum atomic E-state index is 12.2. The first-order valence-electron chi connectivity index (χ1n) is 8.50. The van der Waals surface area contributed by atoms with E-state index in [-0.39, 0.29) is 30.7 Å². The molecule has 1 aromatic carbocycles. The molecule has 0 spiro atoms. The quantitative estimate of drug-likeness (QED) is 0.702. The molecule has 3 rings (SSSR count). The first kappa shape index (κ1) is 24.0. The van der Waals surface area contributed by atoms with E-state index in [1.807, 2.05) is 18.2 Å². The molecule has 2 heterocycles. The highest BCUT2D eigenvalue weighted by molar-refractivity contribution is 7.09. The molecule has 1 fully saturated rings. The van der Waals surface area contributed by atoms with Crippen molar-refractivity contribution >= 4 is 59.3 Å². The Morgan fingerprint density at radius 2 is 2.22 bits per heavy atom. The number of hydrogen-bond acceptors (Lipinski definition) is 5. The molecule has 3 N–H and O–H groups in total. The van der Waals surface area contributed by atoms with Crippen LogP contribution in [-0.4, -0.2) is 37.1 Å². The smallest absolute Gasteiger partial charge is 0.270 e. The Labute approximate surface area is 181 Å². The summed E-state index contributed by atoms with van der Waals surface area (Å²) in [6.07, 6.45) is 1.77. The molecule has 27 heavy (non-hydrogen) atoms. The fraction of sp³-hybridized carbons (Fsp3) is 0.444. The highest BCUT2D eigenvalue weighted by Gasteiger charge is 2.24. The molecule has 9 heteroatoms. The predicted molar refractivity (Wildman–Crippen MR) is 118 cm³/mol. The van der Waals surface area contributed by atoms with Crippen molar-refractivity contribution in [2.24, 2.45) is 11.7 Å². The number of thiazole rings is 1. The van der Waals surface area contributed by atoms with E-state index in [0.717, 1.165) is 29.5 Å². The van der Waals surface area contributed by atoms with Gasteiger partial charge in [0.1, 0.15) is 5.69 Å². The second-order valence-corrected chi connectivity index (χ2v) is 7.79. The van der Waals surface area contributed by atoms with Crippen LogP contribution in [0, 0.1) is 12.8 Å². The van der Waals surface area contributed by atoms with Crippen molar-refractivity contribution < 1.29 is 4.79 Å². The van der Waals surface area contributed by atoms with E-state index >= 15 is 0 Å². The van der Waals surface area contributed by atoms with Gasteiger partial charge in [0, 0.05) is 42.1 Å². The van der Waals surface area contributed by atoms with Gasteiger partial charge in [0.05, 0.1) is 5.01 Å². The van der Waals surface area contributed by atoms with E-state index in [9.17, 15) is 4.79 Å². The third-order valence-corrected chi connectivity index (χ3v) is 5.64. The molecule has 1 atom stereocenters. The van der Waals surface area contributed by atoms with E-state index in [4.69, 9.17) is 17.3 Å². The summed E-state index contributed by atoms with van der Waals surface area (Å²) in [5.74, 6) is 0.335. The summed E-state index contributed by atoms with van der Waals surface area (Å²) in [6, 6.07) is 5.99. The Kier molecular flexibility index (Phi) is 9.84. The summed E-state index contributed by atoms with van der Waals surface area (Å²) in [5, 5.41) is 6.49. The van der Waals surface area contributed by atoms with Crippen LogP contribution in [0.15, 0.2) is 23.6 Å². The fourth-order valence-corrected chi connectivity index (χ4v) is 4.08. The monoisotopic (exact) mass is 450 g/mol. The fourth-order valence-electron chi connectivity index (χ4n) is 3.12. The number of aryl methyl sites for hydroxylation is 1. The molecule has 1 saturated heterocycles. The van der Waals surface area contributed by atoms with Crippen molar-refractivity contribution in [2.75, 3.05) is 31.1 Å². The van der Waals surface area contributed by atoms with Crippen molar-refractivity contribution in [1.29, 1.82) is 0 Å². The highest BCUT2D eigenvalue weighted by atomic mass is 35.5. The summed E-state index contributed by atoms with van der Waals surface area (Å²) in [6.45, 7) is 5.23. The van der Waals surface area contributed by atoms with E-state index in [1.165, 1.54) is 22.6 Å². The number of aromatic nitrogens is 1. The summed E-state index contributed by atoms with van der Waals surface area (Å²) in [4.78, 5) is 18.9. The van der Waals surface area contributed by atoms with Crippen molar-refractivity contribution in [1.82, 2.24) is 10.3 Å². The Balaban J connectivity index is 0.00000182. The summed E-state index contributed by atoms with van der Waals surface area (Å²) in [7, 11) is 0. The van der Waals surface area contributed by atoms with Gasteiger partial charge in [-0.25, -0.2) is 4.98 Å². The second-order valence-electron chi connectivity index (χ2n) is 6.41. The molecular weight excluding hydrogens is 427 g/mol. The largest absolute Gasteiger partial charge is 0.371 e. The van der Waals surface area contributed by atoms with Gasteiger partial charge in [-0.3, -0.25) is 4.79 Å². The van der Waals surface area contributed by atoms with E-state index in [0.29, 0.717) is 31.1 Å².